The quantitative estimate of drug-likeness (QED) is 0.609. The molecule has 0 radical (unpaired) electrons. The van der Waals surface area contributed by atoms with Crippen molar-refractivity contribution in [3.8, 4) is 0 Å². The van der Waals surface area contributed by atoms with Crippen molar-refractivity contribution in [3.63, 3.8) is 0 Å². The molecule has 156 valence electrons. The lowest BCUT2D eigenvalue weighted by molar-refractivity contribution is -0.118. The topological polar surface area (TPSA) is 71.5 Å². The summed E-state index contributed by atoms with van der Waals surface area (Å²) in [5.74, 6) is -0.509. The largest absolute Gasteiger partial charge is 0.465 e. The third kappa shape index (κ3) is 4.37. The van der Waals surface area contributed by atoms with Crippen LogP contribution in [0.3, 0.4) is 0 Å². The minimum atomic E-state index is -0.419. The third-order valence-electron chi connectivity index (χ3n) is 5.49. The number of piperidine rings is 1. The molecule has 1 saturated heterocycles. The van der Waals surface area contributed by atoms with Gasteiger partial charge in [-0.05, 0) is 56.1 Å². The van der Waals surface area contributed by atoms with Gasteiger partial charge in [-0.1, -0.05) is 24.6 Å². The lowest BCUT2D eigenvalue weighted by atomic mass is 10.0. The molecule has 4 rings (SSSR count). The molecule has 2 heterocycles. The Morgan fingerprint density at radius 3 is 2.87 bits per heavy atom. The molecular formula is C23H25N3O3S. The number of fused-ring (bicyclic) bond motifs is 1. The molecule has 0 unspecified atom stereocenters. The van der Waals surface area contributed by atoms with Gasteiger partial charge in [0.15, 0.2) is 0 Å². The SMILES string of the molecule is COC(=O)c1ccc(C)c(NC(=O)CN2CCCC[C@H]2c2nc3ccccc3s2)c1. The molecule has 1 N–H and O–H groups in total. The molecule has 0 saturated carbocycles. The number of aryl methyl sites for hydroxylation is 1. The second-order valence-electron chi connectivity index (χ2n) is 7.57. The molecule has 0 spiro atoms. The normalized spacial score (nSPS) is 17.1. The molecule has 0 aliphatic carbocycles. The summed E-state index contributed by atoms with van der Waals surface area (Å²) in [6, 6.07) is 13.5. The van der Waals surface area contributed by atoms with Gasteiger partial charge in [-0.25, -0.2) is 9.78 Å². The summed E-state index contributed by atoms with van der Waals surface area (Å²) in [7, 11) is 1.35. The lowest BCUT2D eigenvalue weighted by Gasteiger charge is -2.33. The number of benzene rings is 2. The van der Waals surface area contributed by atoms with E-state index in [2.05, 4.69) is 16.3 Å². The highest BCUT2D eigenvalue weighted by atomic mass is 32.1. The minimum Gasteiger partial charge on any atom is -0.465 e. The van der Waals surface area contributed by atoms with Crippen LogP contribution in [0.15, 0.2) is 42.5 Å². The summed E-state index contributed by atoms with van der Waals surface area (Å²) < 4.78 is 5.96. The minimum absolute atomic E-state index is 0.0897. The molecule has 1 aromatic heterocycles. The van der Waals surface area contributed by atoms with E-state index in [1.54, 1.807) is 23.5 Å². The van der Waals surface area contributed by atoms with E-state index in [4.69, 9.17) is 9.72 Å². The molecule has 3 aromatic rings. The number of nitrogens with zero attached hydrogens (tertiary/aromatic N) is 2. The van der Waals surface area contributed by atoms with Gasteiger partial charge in [-0.15, -0.1) is 11.3 Å². The smallest absolute Gasteiger partial charge is 0.337 e. The number of carbonyl (C=O) groups is 2. The number of hydrogen-bond donors (Lipinski definition) is 1. The first-order valence-electron chi connectivity index (χ1n) is 10.1. The number of amides is 1. The number of esters is 1. The first-order valence-corrected chi connectivity index (χ1v) is 10.9. The summed E-state index contributed by atoms with van der Waals surface area (Å²) in [5.41, 5.74) is 2.97. The van der Waals surface area contributed by atoms with Gasteiger partial charge in [0.25, 0.3) is 0 Å². The zero-order chi connectivity index (χ0) is 21.1. The number of anilines is 1. The van der Waals surface area contributed by atoms with Gasteiger partial charge < -0.3 is 10.1 Å². The van der Waals surface area contributed by atoms with Crippen LogP contribution in [0.25, 0.3) is 10.2 Å². The summed E-state index contributed by atoms with van der Waals surface area (Å²) in [5, 5.41) is 4.05. The van der Waals surface area contributed by atoms with E-state index >= 15 is 0 Å². The molecule has 1 fully saturated rings. The molecule has 0 bridgehead atoms. The van der Waals surface area contributed by atoms with E-state index in [0.29, 0.717) is 17.8 Å². The van der Waals surface area contributed by atoms with Gasteiger partial charge in [-0.2, -0.15) is 0 Å². The molecule has 1 amide bonds. The van der Waals surface area contributed by atoms with E-state index in [-0.39, 0.29) is 11.9 Å². The van der Waals surface area contributed by atoms with Crippen LogP contribution in [0.5, 0.6) is 0 Å². The predicted molar refractivity (Wildman–Crippen MR) is 119 cm³/mol. The van der Waals surface area contributed by atoms with Crippen LogP contribution in [-0.4, -0.2) is 42.0 Å². The average molecular weight is 424 g/mol. The maximum absolute atomic E-state index is 12.8. The van der Waals surface area contributed by atoms with Crippen LogP contribution in [0.1, 0.15) is 46.2 Å². The van der Waals surface area contributed by atoms with E-state index in [1.807, 2.05) is 31.2 Å². The zero-order valence-corrected chi connectivity index (χ0v) is 18.0. The van der Waals surface area contributed by atoms with Crippen LogP contribution >= 0.6 is 11.3 Å². The predicted octanol–water partition coefficient (Wildman–Crippen LogP) is 4.56. The fourth-order valence-corrected chi connectivity index (χ4v) is 5.01. The second kappa shape index (κ2) is 8.93. The van der Waals surface area contributed by atoms with Crippen molar-refractivity contribution < 1.29 is 14.3 Å². The number of para-hydroxylation sites is 1. The van der Waals surface area contributed by atoms with Crippen molar-refractivity contribution in [1.82, 2.24) is 9.88 Å². The average Bonchev–Trinajstić information content (AvgIpc) is 3.19. The number of aromatic nitrogens is 1. The Morgan fingerprint density at radius 2 is 2.07 bits per heavy atom. The monoisotopic (exact) mass is 423 g/mol. The van der Waals surface area contributed by atoms with E-state index in [0.717, 1.165) is 41.9 Å². The standard InChI is InChI=1S/C23H25N3O3S/c1-15-10-11-16(23(28)29-2)13-18(15)24-21(27)14-26-12-6-5-8-19(26)22-25-17-7-3-4-9-20(17)30-22/h3-4,7,9-11,13,19H,5-6,8,12,14H2,1-2H3,(H,24,27)/t19-/m0/s1. The number of ether oxygens (including phenoxy) is 1. The van der Waals surface area contributed by atoms with Gasteiger partial charge in [-0.3, -0.25) is 9.69 Å². The Bertz CT molecular complexity index is 1050. The number of carbonyl (C=O) groups excluding carboxylic acids is 2. The van der Waals surface area contributed by atoms with Crippen LogP contribution in [-0.2, 0) is 9.53 Å². The maximum Gasteiger partial charge on any atom is 0.337 e. The van der Waals surface area contributed by atoms with Crippen LogP contribution < -0.4 is 5.32 Å². The molecule has 1 atom stereocenters. The fourth-order valence-electron chi connectivity index (χ4n) is 3.87. The van der Waals surface area contributed by atoms with E-state index in [1.165, 1.54) is 11.8 Å². The number of methoxy groups -OCH3 is 1. The van der Waals surface area contributed by atoms with Gasteiger partial charge in [0.2, 0.25) is 5.91 Å². The molecule has 1 aliphatic heterocycles. The lowest BCUT2D eigenvalue weighted by Crippen LogP contribution is -2.39. The fraction of sp³-hybridized carbons (Fsp3) is 0.348. The number of hydrogen-bond acceptors (Lipinski definition) is 6. The zero-order valence-electron chi connectivity index (χ0n) is 17.2. The molecule has 2 aromatic carbocycles. The van der Waals surface area contributed by atoms with Crippen LogP contribution in [0.2, 0.25) is 0 Å². The molecule has 1 aliphatic rings. The summed E-state index contributed by atoms with van der Waals surface area (Å²) in [4.78, 5) is 31.7. The Hall–Kier alpha value is -2.77. The molecule has 7 heteroatoms. The number of nitrogens with one attached hydrogen (secondary N) is 1. The van der Waals surface area contributed by atoms with Gasteiger partial charge in [0.05, 0.1) is 35.5 Å². The second-order valence-corrected chi connectivity index (χ2v) is 8.63. The molecule has 30 heavy (non-hydrogen) atoms. The number of rotatable bonds is 5. The van der Waals surface area contributed by atoms with Crippen LogP contribution in [0.4, 0.5) is 5.69 Å². The van der Waals surface area contributed by atoms with Gasteiger partial charge in [0.1, 0.15) is 5.01 Å². The van der Waals surface area contributed by atoms with E-state index < -0.39 is 5.97 Å². The van der Waals surface area contributed by atoms with Crippen molar-refractivity contribution in [1.29, 1.82) is 0 Å². The first-order chi connectivity index (χ1) is 14.5. The van der Waals surface area contributed by atoms with Gasteiger partial charge >= 0.3 is 5.97 Å². The maximum atomic E-state index is 12.8. The van der Waals surface area contributed by atoms with Crippen molar-refractivity contribution in [3.05, 3.63) is 58.6 Å². The number of thiazole rings is 1. The highest BCUT2D eigenvalue weighted by Crippen LogP contribution is 2.35. The Balaban J connectivity index is 1.49. The van der Waals surface area contributed by atoms with Crippen molar-refractivity contribution >= 4 is 39.1 Å². The number of likely N-dealkylation sites (tertiary alicyclic amines) is 1. The van der Waals surface area contributed by atoms with Crippen molar-refractivity contribution in [2.45, 2.75) is 32.2 Å². The highest BCUT2D eigenvalue weighted by Gasteiger charge is 2.28. The molecule has 6 nitrogen and oxygen atoms in total. The van der Waals surface area contributed by atoms with Crippen LogP contribution in [0, 0.1) is 6.92 Å². The Labute approximate surface area is 179 Å². The van der Waals surface area contributed by atoms with Crippen molar-refractivity contribution in [2.75, 3.05) is 25.5 Å². The highest BCUT2D eigenvalue weighted by molar-refractivity contribution is 7.18. The van der Waals surface area contributed by atoms with Crippen molar-refractivity contribution in [2.24, 2.45) is 0 Å². The summed E-state index contributed by atoms with van der Waals surface area (Å²) in [6.45, 7) is 3.07. The molecular weight excluding hydrogens is 398 g/mol. The summed E-state index contributed by atoms with van der Waals surface area (Å²) in [6.07, 6.45) is 3.22. The summed E-state index contributed by atoms with van der Waals surface area (Å²) >= 11 is 1.71. The van der Waals surface area contributed by atoms with Gasteiger partial charge in [0, 0.05) is 5.69 Å². The first kappa shape index (κ1) is 20.5. The van der Waals surface area contributed by atoms with E-state index in [9.17, 15) is 9.59 Å². The Kier molecular flexibility index (Phi) is 6.11. The third-order valence-corrected chi connectivity index (χ3v) is 6.63. The Morgan fingerprint density at radius 1 is 1.23 bits per heavy atom.